The van der Waals surface area contributed by atoms with Crippen molar-refractivity contribution in [2.45, 2.75) is 70.9 Å². The summed E-state index contributed by atoms with van der Waals surface area (Å²) in [6.07, 6.45) is 7.67. The lowest BCUT2D eigenvalue weighted by Gasteiger charge is -2.16. The lowest BCUT2D eigenvalue weighted by Crippen LogP contribution is -2.40. The number of guanidine groups is 1. The summed E-state index contributed by atoms with van der Waals surface area (Å²) in [7, 11) is 0. The first-order valence-corrected chi connectivity index (χ1v) is 7.34. The third kappa shape index (κ3) is 9.39. The Balaban J connectivity index is 0.00000361. The molecule has 1 aliphatic carbocycles. The maximum absolute atomic E-state index is 11.3. The first-order valence-electron chi connectivity index (χ1n) is 7.34. The highest BCUT2D eigenvalue weighted by Crippen LogP contribution is 2.16. The van der Waals surface area contributed by atoms with Gasteiger partial charge in [0.1, 0.15) is 0 Å². The molecule has 0 bridgehead atoms. The van der Waals surface area contributed by atoms with Crippen LogP contribution in [0.25, 0.3) is 0 Å². The molecule has 5 nitrogen and oxygen atoms in total. The van der Waals surface area contributed by atoms with Crippen molar-refractivity contribution in [3.05, 3.63) is 0 Å². The van der Waals surface area contributed by atoms with Crippen molar-refractivity contribution in [2.24, 2.45) is 10.7 Å². The number of hydrogen-bond donors (Lipinski definition) is 2. The number of halogens is 1. The highest BCUT2D eigenvalue weighted by molar-refractivity contribution is 14.0. The Kier molecular flexibility index (Phi) is 10.9. The van der Waals surface area contributed by atoms with E-state index in [1.54, 1.807) is 0 Å². The minimum Gasteiger partial charge on any atom is -0.463 e. The van der Waals surface area contributed by atoms with E-state index in [9.17, 15) is 4.79 Å². The molecule has 0 radical (unpaired) electrons. The molecule has 0 atom stereocenters. The van der Waals surface area contributed by atoms with Crippen LogP contribution >= 0.6 is 24.0 Å². The van der Waals surface area contributed by atoms with E-state index >= 15 is 0 Å². The predicted molar refractivity (Wildman–Crippen MR) is 92.4 cm³/mol. The molecule has 0 spiro atoms. The first kappa shape index (κ1) is 19.5. The van der Waals surface area contributed by atoms with E-state index in [1.165, 1.54) is 25.7 Å². The van der Waals surface area contributed by atoms with Gasteiger partial charge in [-0.15, -0.1) is 24.0 Å². The van der Waals surface area contributed by atoms with E-state index in [1.807, 2.05) is 13.8 Å². The second-order valence-corrected chi connectivity index (χ2v) is 5.39. The largest absolute Gasteiger partial charge is 0.463 e. The minimum absolute atomic E-state index is 0. The van der Waals surface area contributed by atoms with Crippen LogP contribution in [0.15, 0.2) is 4.99 Å². The molecular weight excluding hydrogens is 369 g/mol. The number of carbonyl (C=O) groups excluding carboxylic acids is 1. The van der Waals surface area contributed by atoms with Gasteiger partial charge in [0.05, 0.1) is 19.1 Å². The van der Waals surface area contributed by atoms with Crippen LogP contribution in [-0.4, -0.2) is 30.6 Å². The Morgan fingerprint density at radius 3 is 2.45 bits per heavy atom. The molecule has 1 fully saturated rings. The fourth-order valence-electron chi connectivity index (χ4n) is 2.27. The van der Waals surface area contributed by atoms with Gasteiger partial charge >= 0.3 is 5.97 Å². The summed E-state index contributed by atoms with van der Waals surface area (Å²) in [5.41, 5.74) is 5.83. The highest BCUT2D eigenvalue weighted by atomic mass is 127. The monoisotopic (exact) mass is 397 g/mol. The maximum Gasteiger partial charge on any atom is 0.307 e. The molecule has 118 valence electrons. The summed E-state index contributed by atoms with van der Waals surface area (Å²) in [4.78, 5) is 15.5. The highest BCUT2D eigenvalue weighted by Gasteiger charge is 2.12. The van der Waals surface area contributed by atoms with Gasteiger partial charge < -0.3 is 15.8 Å². The molecule has 1 saturated carbocycles. The number of nitrogens with two attached hydrogens (primary N) is 1. The van der Waals surface area contributed by atoms with Crippen LogP contribution < -0.4 is 11.1 Å². The zero-order chi connectivity index (χ0) is 14.1. The van der Waals surface area contributed by atoms with Crippen molar-refractivity contribution in [3.63, 3.8) is 0 Å². The number of esters is 1. The summed E-state index contributed by atoms with van der Waals surface area (Å²) in [6, 6.07) is 0.439. The van der Waals surface area contributed by atoms with Crippen molar-refractivity contribution in [2.75, 3.05) is 6.54 Å². The van der Waals surface area contributed by atoms with Crippen LogP contribution in [0.1, 0.15) is 58.8 Å². The van der Waals surface area contributed by atoms with E-state index in [0.717, 1.165) is 12.8 Å². The number of nitrogens with zero attached hydrogens (tertiary/aromatic N) is 1. The topological polar surface area (TPSA) is 76.7 Å². The Morgan fingerprint density at radius 2 is 1.90 bits per heavy atom. The van der Waals surface area contributed by atoms with Crippen LogP contribution in [-0.2, 0) is 9.53 Å². The van der Waals surface area contributed by atoms with Gasteiger partial charge in [-0.2, -0.15) is 0 Å². The van der Waals surface area contributed by atoms with Gasteiger partial charge in [0.2, 0.25) is 0 Å². The van der Waals surface area contributed by atoms with E-state index < -0.39 is 0 Å². The molecule has 0 amide bonds. The minimum atomic E-state index is -0.221. The van der Waals surface area contributed by atoms with Gasteiger partial charge in [-0.1, -0.05) is 25.7 Å². The average molecular weight is 397 g/mol. The smallest absolute Gasteiger partial charge is 0.307 e. The summed E-state index contributed by atoms with van der Waals surface area (Å²) in [5.74, 6) is 0.227. The lowest BCUT2D eigenvalue weighted by molar-refractivity contribution is -0.147. The van der Waals surface area contributed by atoms with Gasteiger partial charge in [-0.25, -0.2) is 0 Å². The Labute approximate surface area is 139 Å². The van der Waals surface area contributed by atoms with Crippen LogP contribution in [0.3, 0.4) is 0 Å². The maximum atomic E-state index is 11.3. The van der Waals surface area contributed by atoms with Gasteiger partial charge in [-0.05, 0) is 26.7 Å². The summed E-state index contributed by atoms with van der Waals surface area (Å²) >= 11 is 0. The quantitative estimate of drug-likeness (QED) is 0.246. The Bertz CT molecular complexity index is 301. The van der Waals surface area contributed by atoms with Crippen molar-refractivity contribution in [3.8, 4) is 0 Å². The second-order valence-electron chi connectivity index (χ2n) is 5.39. The molecule has 1 aliphatic rings. The van der Waals surface area contributed by atoms with Gasteiger partial charge in [0.15, 0.2) is 5.96 Å². The number of aliphatic imine (C=N–C) groups is 1. The first-order chi connectivity index (χ1) is 9.08. The van der Waals surface area contributed by atoms with E-state index in [0.29, 0.717) is 18.5 Å². The number of ether oxygens (including phenoxy) is 1. The zero-order valence-corrected chi connectivity index (χ0v) is 14.9. The molecule has 0 unspecified atom stereocenters. The van der Waals surface area contributed by atoms with Crippen molar-refractivity contribution < 1.29 is 9.53 Å². The predicted octanol–water partition coefficient (Wildman–Crippen LogP) is 2.57. The van der Waals surface area contributed by atoms with E-state index in [4.69, 9.17) is 10.5 Å². The van der Waals surface area contributed by atoms with Crippen molar-refractivity contribution >= 4 is 35.9 Å². The molecule has 0 aromatic heterocycles. The number of nitrogens with one attached hydrogen (secondary N) is 1. The number of rotatable bonds is 5. The van der Waals surface area contributed by atoms with Gasteiger partial charge in [-0.3, -0.25) is 9.79 Å². The second kappa shape index (κ2) is 11.2. The summed E-state index contributed by atoms with van der Waals surface area (Å²) < 4.78 is 5.03. The molecule has 0 aliphatic heterocycles. The van der Waals surface area contributed by atoms with Crippen LogP contribution in [0.2, 0.25) is 0 Å². The average Bonchev–Trinajstić information content (AvgIpc) is 2.56. The molecule has 0 heterocycles. The molecule has 0 saturated heterocycles. The number of carbonyl (C=O) groups is 1. The van der Waals surface area contributed by atoms with Crippen LogP contribution in [0.4, 0.5) is 0 Å². The van der Waals surface area contributed by atoms with Gasteiger partial charge in [0, 0.05) is 6.04 Å². The van der Waals surface area contributed by atoms with Crippen molar-refractivity contribution in [1.82, 2.24) is 5.32 Å². The lowest BCUT2D eigenvalue weighted by atomic mass is 10.1. The standard InChI is InChI=1S/C14H27N3O2.HI/c1-11(2)19-13(18)9-10-16-14(15)17-12-7-5-3-4-6-8-12;/h11-12H,3-10H2,1-2H3,(H3,15,16,17);1H. The van der Waals surface area contributed by atoms with Crippen LogP contribution in [0.5, 0.6) is 0 Å². The third-order valence-electron chi connectivity index (χ3n) is 3.17. The Hall–Kier alpha value is -0.530. The molecular formula is C14H28IN3O2. The van der Waals surface area contributed by atoms with Crippen molar-refractivity contribution in [1.29, 1.82) is 0 Å². The normalized spacial score (nSPS) is 17.2. The fourth-order valence-corrected chi connectivity index (χ4v) is 2.27. The fraction of sp³-hybridized carbons (Fsp3) is 0.857. The molecule has 1 rings (SSSR count). The third-order valence-corrected chi connectivity index (χ3v) is 3.17. The summed E-state index contributed by atoms with van der Waals surface area (Å²) in [5, 5.41) is 3.25. The molecule has 0 aromatic carbocycles. The van der Waals surface area contributed by atoms with Gasteiger partial charge in [0.25, 0.3) is 0 Å². The van der Waals surface area contributed by atoms with Crippen LogP contribution in [0, 0.1) is 0 Å². The molecule has 3 N–H and O–H groups in total. The molecule has 20 heavy (non-hydrogen) atoms. The molecule has 6 heteroatoms. The summed E-state index contributed by atoms with van der Waals surface area (Å²) in [6.45, 7) is 4.06. The SMILES string of the molecule is CC(C)OC(=O)CCN=C(N)NC1CCCCCC1.I. The zero-order valence-electron chi connectivity index (χ0n) is 12.6. The van der Waals surface area contributed by atoms with E-state index in [-0.39, 0.29) is 42.5 Å². The molecule has 0 aromatic rings. The number of hydrogen-bond acceptors (Lipinski definition) is 3. The Morgan fingerprint density at radius 1 is 1.30 bits per heavy atom. The van der Waals surface area contributed by atoms with E-state index in [2.05, 4.69) is 10.3 Å².